The van der Waals surface area contributed by atoms with Crippen LogP contribution in [0.2, 0.25) is 0 Å². The SMILES string of the molecule is COc1cc(CCC(=O)N2CC=C(c3ccccc3)CC2)cc(OC)c1OC. The molecule has 0 unspecified atom stereocenters. The lowest BCUT2D eigenvalue weighted by atomic mass is 9.99. The number of nitrogens with zero attached hydrogens (tertiary/aromatic N) is 1. The van der Waals surface area contributed by atoms with Gasteiger partial charge in [-0.15, -0.1) is 0 Å². The molecule has 0 radical (unpaired) electrons. The van der Waals surface area contributed by atoms with Gasteiger partial charge in [0.15, 0.2) is 11.5 Å². The summed E-state index contributed by atoms with van der Waals surface area (Å²) in [6.45, 7) is 1.42. The summed E-state index contributed by atoms with van der Waals surface area (Å²) in [7, 11) is 4.77. The molecule has 1 amide bonds. The monoisotopic (exact) mass is 381 g/mol. The molecule has 1 aliphatic rings. The van der Waals surface area contributed by atoms with Gasteiger partial charge in [-0.3, -0.25) is 4.79 Å². The highest BCUT2D eigenvalue weighted by molar-refractivity contribution is 5.78. The van der Waals surface area contributed by atoms with Gasteiger partial charge in [0, 0.05) is 19.5 Å². The average Bonchev–Trinajstić information content (AvgIpc) is 2.77. The minimum absolute atomic E-state index is 0.164. The van der Waals surface area contributed by atoms with E-state index in [2.05, 4.69) is 18.2 Å². The molecule has 5 nitrogen and oxygen atoms in total. The van der Waals surface area contributed by atoms with E-state index < -0.39 is 0 Å². The van der Waals surface area contributed by atoms with Gasteiger partial charge in [0.05, 0.1) is 21.3 Å². The van der Waals surface area contributed by atoms with Gasteiger partial charge in [-0.2, -0.15) is 0 Å². The van der Waals surface area contributed by atoms with Crippen molar-refractivity contribution in [2.24, 2.45) is 0 Å². The summed E-state index contributed by atoms with van der Waals surface area (Å²) in [5, 5.41) is 0. The predicted molar refractivity (Wildman–Crippen MR) is 110 cm³/mol. The van der Waals surface area contributed by atoms with Crippen molar-refractivity contribution in [3.63, 3.8) is 0 Å². The summed E-state index contributed by atoms with van der Waals surface area (Å²) in [4.78, 5) is 14.6. The van der Waals surface area contributed by atoms with Crippen molar-refractivity contribution in [3.05, 3.63) is 59.7 Å². The number of hydrogen-bond donors (Lipinski definition) is 0. The largest absolute Gasteiger partial charge is 0.493 e. The summed E-state index contributed by atoms with van der Waals surface area (Å²) < 4.78 is 16.1. The van der Waals surface area contributed by atoms with E-state index in [-0.39, 0.29) is 5.91 Å². The highest BCUT2D eigenvalue weighted by atomic mass is 16.5. The van der Waals surface area contributed by atoms with E-state index in [0.717, 1.165) is 18.5 Å². The van der Waals surface area contributed by atoms with Crippen LogP contribution in [0.25, 0.3) is 5.57 Å². The molecule has 0 N–H and O–H groups in total. The van der Waals surface area contributed by atoms with Crippen LogP contribution in [0, 0.1) is 0 Å². The third-order valence-electron chi connectivity index (χ3n) is 5.06. The molecule has 0 fully saturated rings. The molecule has 0 saturated heterocycles. The summed E-state index contributed by atoms with van der Waals surface area (Å²) in [6.07, 6.45) is 4.13. The maximum absolute atomic E-state index is 12.7. The molecule has 3 rings (SSSR count). The highest BCUT2D eigenvalue weighted by Gasteiger charge is 2.19. The first-order valence-electron chi connectivity index (χ1n) is 9.47. The Labute approximate surface area is 166 Å². The smallest absolute Gasteiger partial charge is 0.223 e. The Balaban J connectivity index is 1.61. The highest BCUT2D eigenvalue weighted by Crippen LogP contribution is 2.38. The van der Waals surface area contributed by atoms with E-state index in [0.29, 0.717) is 36.6 Å². The number of carbonyl (C=O) groups excluding carboxylic acids is 1. The molecular formula is C23H27NO4. The first kappa shape index (κ1) is 19.8. The van der Waals surface area contributed by atoms with Crippen molar-refractivity contribution in [2.75, 3.05) is 34.4 Å². The van der Waals surface area contributed by atoms with Gasteiger partial charge in [0.25, 0.3) is 0 Å². The van der Waals surface area contributed by atoms with Crippen molar-refractivity contribution in [3.8, 4) is 17.2 Å². The van der Waals surface area contributed by atoms with E-state index in [1.54, 1.807) is 21.3 Å². The third kappa shape index (κ3) is 4.47. The Morgan fingerprint density at radius 1 is 1.00 bits per heavy atom. The van der Waals surface area contributed by atoms with Gasteiger partial charge in [-0.1, -0.05) is 36.4 Å². The molecule has 1 aliphatic heterocycles. The van der Waals surface area contributed by atoms with Crippen molar-refractivity contribution >= 4 is 11.5 Å². The molecular weight excluding hydrogens is 354 g/mol. The first-order valence-corrected chi connectivity index (χ1v) is 9.47. The molecule has 0 aromatic heterocycles. The molecule has 2 aromatic carbocycles. The van der Waals surface area contributed by atoms with Crippen LogP contribution in [0.5, 0.6) is 17.2 Å². The molecule has 2 aromatic rings. The maximum Gasteiger partial charge on any atom is 0.223 e. The van der Waals surface area contributed by atoms with Crippen LogP contribution in [0.3, 0.4) is 0 Å². The Morgan fingerprint density at radius 2 is 1.68 bits per heavy atom. The molecule has 5 heteroatoms. The van der Waals surface area contributed by atoms with Crippen LogP contribution in [-0.2, 0) is 11.2 Å². The van der Waals surface area contributed by atoms with Gasteiger partial charge in [0.1, 0.15) is 0 Å². The maximum atomic E-state index is 12.7. The lowest BCUT2D eigenvalue weighted by Gasteiger charge is -2.27. The molecule has 0 bridgehead atoms. The van der Waals surface area contributed by atoms with E-state index >= 15 is 0 Å². The lowest BCUT2D eigenvalue weighted by Crippen LogP contribution is -2.34. The predicted octanol–water partition coefficient (Wildman–Crippen LogP) is 3.96. The van der Waals surface area contributed by atoms with Gasteiger partial charge in [0.2, 0.25) is 11.7 Å². The molecule has 0 atom stereocenters. The van der Waals surface area contributed by atoms with Crippen molar-refractivity contribution in [1.29, 1.82) is 0 Å². The first-order chi connectivity index (χ1) is 13.7. The lowest BCUT2D eigenvalue weighted by molar-refractivity contribution is -0.130. The average molecular weight is 381 g/mol. The van der Waals surface area contributed by atoms with Gasteiger partial charge >= 0.3 is 0 Å². The summed E-state index contributed by atoms with van der Waals surface area (Å²) in [6, 6.07) is 14.2. The number of carbonyl (C=O) groups is 1. The number of methoxy groups -OCH3 is 3. The van der Waals surface area contributed by atoms with Crippen LogP contribution in [0.15, 0.2) is 48.5 Å². The fourth-order valence-corrected chi connectivity index (χ4v) is 3.50. The number of rotatable bonds is 7. The molecule has 148 valence electrons. The molecule has 28 heavy (non-hydrogen) atoms. The van der Waals surface area contributed by atoms with Crippen LogP contribution in [-0.4, -0.2) is 45.2 Å². The minimum atomic E-state index is 0.164. The summed E-state index contributed by atoms with van der Waals surface area (Å²) in [5.74, 6) is 1.95. The zero-order valence-electron chi connectivity index (χ0n) is 16.7. The van der Waals surface area contributed by atoms with Crippen LogP contribution < -0.4 is 14.2 Å². The van der Waals surface area contributed by atoms with Crippen LogP contribution >= 0.6 is 0 Å². The number of hydrogen-bond acceptors (Lipinski definition) is 4. The van der Waals surface area contributed by atoms with Gasteiger partial charge < -0.3 is 19.1 Å². The fraction of sp³-hybridized carbons (Fsp3) is 0.348. The van der Waals surface area contributed by atoms with E-state index in [9.17, 15) is 4.79 Å². The minimum Gasteiger partial charge on any atom is -0.493 e. The fourth-order valence-electron chi connectivity index (χ4n) is 3.50. The van der Waals surface area contributed by atoms with Gasteiger partial charge in [-0.05, 0) is 41.7 Å². The number of benzene rings is 2. The zero-order chi connectivity index (χ0) is 19.9. The normalized spacial score (nSPS) is 13.7. The van der Waals surface area contributed by atoms with Crippen molar-refractivity contribution in [1.82, 2.24) is 4.90 Å². The molecule has 0 spiro atoms. The number of aryl methyl sites for hydroxylation is 1. The molecule has 0 saturated carbocycles. The molecule has 0 aliphatic carbocycles. The van der Waals surface area contributed by atoms with Crippen LogP contribution in [0.4, 0.5) is 0 Å². The second-order valence-corrected chi connectivity index (χ2v) is 6.72. The molecule has 1 heterocycles. The number of amides is 1. The summed E-state index contributed by atoms with van der Waals surface area (Å²) in [5.41, 5.74) is 3.54. The van der Waals surface area contributed by atoms with Gasteiger partial charge in [-0.25, -0.2) is 0 Å². The topological polar surface area (TPSA) is 48.0 Å². The third-order valence-corrected chi connectivity index (χ3v) is 5.06. The Kier molecular flexibility index (Phi) is 6.58. The number of ether oxygens (including phenoxy) is 3. The standard InChI is InChI=1S/C23H27NO4/c1-26-20-15-17(16-21(27-2)23(20)28-3)9-10-22(25)24-13-11-19(12-14-24)18-7-5-4-6-8-18/h4-8,11,15-16H,9-10,12-14H2,1-3H3. The Morgan fingerprint density at radius 3 is 2.21 bits per heavy atom. The second kappa shape index (κ2) is 9.31. The Bertz CT molecular complexity index is 820. The second-order valence-electron chi connectivity index (χ2n) is 6.72. The van der Waals surface area contributed by atoms with E-state index in [1.165, 1.54) is 11.1 Å². The quantitative estimate of drug-likeness (QED) is 0.728. The summed E-state index contributed by atoms with van der Waals surface area (Å²) >= 11 is 0. The zero-order valence-corrected chi connectivity index (χ0v) is 16.7. The van der Waals surface area contributed by atoms with Crippen molar-refractivity contribution in [2.45, 2.75) is 19.3 Å². The van der Waals surface area contributed by atoms with E-state index in [4.69, 9.17) is 14.2 Å². The van der Waals surface area contributed by atoms with E-state index in [1.807, 2.05) is 35.2 Å². The van der Waals surface area contributed by atoms with Crippen LogP contribution in [0.1, 0.15) is 24.0 Å². The Hall–Kier alpha value is -2.95. The van der Waals surface area contributed by atoms with Crippen molar-refractivity contribution < 1.29 is 19.0 Å².